The van der Waals surface area contributed by atoms with Gasteiger partial charge < -0.3 is 0 Å². The molecule has 1 rings (SSSR count). The molecule has 0 N–H and O–H groups in total. The predicted octanol–water partition coefficient (Wildman–Crippen LogP) is 4.67. The van der Waals surface area contributed by atoms with Gasteiger partial charge in [0.25, 0.3) is 0 Å². The van der Waals surface area contributed by atoms with Crippen LogP contribution in [0.4, 0.5) is 0 Å². The van der Waals surface area contributed by atoms with Crippen molar-refractivity contribution in [1.29, 1.82) is 0 Å². The molecular formula is C13H19I. The Labute approximate surface area is 101 Å². The van der Waals surface area contributed by atoms with Crippen molar-refractivity contribution in [3.63, 3.8) is 0 Å². The van der Waals surface area contributed by atoms with Crippen molar-refractivity contribution >= 4 is 22.6 Å². The molecule has 0 atom stereocenters. The minimum absolute atomic E-state index is 0.221. The van der Waals surface area contributed by atoms with Crippen LogP contribution in [0.3, 0.4) is 0 Å². The highest BCUT2D eigenvalue weighted by Gasteiger charge is 2.33. The van der Waals surface area contributed by atoms with Crippen LogP contribution in [0.2, 0.25) is 0 Å². The Bertz CT molecular complexity index is 292. The van der Waals surface area contributed by atoms with Gasteiger partial charge in [0, 0.05) is 9.84 Å². The van der Waals surface area contributed by atoms with Crippen molar-refractivity contribution in [3.05, 3.63) is 35.5 Å². The predicted molar refractivity (Wildman–Crippen MR) is 72.9 cm³/mol. The molecule has 0 radical (unpaired) electrons. The Balaban J connectivity index is 3.11. The quantitative estimate of drug-likeness (QED) is 0.404. The van der Waals surface area contributed by atoms with E-state index in [1.54, 1.807) is 11.1 Å². The zero-order valence-electron chi connectivity index (χ0n) is 9.36. The van der Waals surface area contributed by atoms with E-state index >= 15 is 0 Å². The van der Waals surface area contributed by atoms with Crippen LogP contribution >= 0.6 is 22.6 Å². The monoisotopic (exact) mass is 302 g/mol. The third kappa shape index (κ3) is 1.97. The molecule has 0 aliphatic heterocycles. The number of allylic oxidation sites excluding steroid dienone is 5. The van der Waals surface area contributed by atoms with Crippen LogP contribution in [0, 0.1) is 5.41 Å². The summed E-state index contributed by atoms with van der Waals surface area (Å²) in [6.07, 6.45) is 6.73. The first-order valence-electron chi connectivity index (χ1n) is 5.18. The Morgan fingerprint density at radius 2 is 2.14 bits per heavy atom. The summed E-state index contributed by atoms with van der Waals surface area (Å²) in [5.41, 5.74) is 4.81. The topological polar surface area (TPSA) is 0 Å². The van der Waals surface area contributed by atoms with Crippen LogP contribution in [0.15, 0.2) is 35.5 Å². The van der Waals surface area contributed by atoms with Crippen LogP contribution in [0.5, 0.6) is 0 Å². The molecule has 1 heteroatoms. The molecule has 0 fully saturated rings. The van der Waals surface area contributed by atoms with E-state index < -0.39 is 0 Å². The molecule has 0 amide bonds. The number of alkyl halides is 1. The highest BCUT2D eigenvalue weighted by Crippen LogP contribution is 2.47. The Hall–Kier alpha value is -0.0500. The van der Waals surface area contributed by atoms with E-state index in [1.165, 1.54) is 5.57 Å². The van der Waals surface area contributed by atoms with Gasteiger partial charge in [0.1, 0.15) is 0 Å². The zero-order valence-corrected chi connectivity index (χ0v) is 11.5. The van der Waals surface area contributed by atoms with E-state index in [1.807, 2.05) is 6.08 Å². The Morgan fingerprint density at radius 1 is 1.50 bits per heavy atom. The smallest absolute Gasteiger partial charge is 0.0178 e. The largest absolute Gasteiger partial charge is 0.0988 e. The number of halogens is 1. The van der Waals surface area contributed by atoms with Gasteiger partial charge in [-0.1, -0.05) is 73.2 Å². The SMILES string of the molecule is C=CC1=C(CC)C/C(=C\CI)C1(C)C. The summed E-state index contributed by atoms with van der Waals surface area (Å²) in [7, 11) is 0. The summed E-state index contributed by atoms with van der Waals surface area (Å²) >= 11 is 2.41. The highest BCUT2D eigenvalue weighted by atomic mass is 127. The number of rotatable bonds is 3. The molecule has 0 saturated carbocycles. The van der Waals surface area contributed by atoms with Crippen LogP contribution in [-0.2, 0) is 0 Å². The molecule has 0 aromatic carbocycles. The molecule has 0 spiro atoms. The summed E-state index contributed by atoms with van der Waals surface area (Å²) in [6, 6.07) is 0. The molecule has 14 heavy (non-hydrogen) atoms. The molecule has 0 bridgehead atoms. The van der Waals surface area contributed by atoms with Gasteiger partial charge in [-0.05, 0) is 18.4 Å². The number of hydrogen-bond acceptors (Lipinski definition) is 0. The third-order valence-electron chi connectivity index (χ3n) is 3.22. The highest BCUT2D eigenvalue weighted by molar-refractivity contribution is 14.1. The van der Waals surface area contributed by atoms with Gasteiger partial charge in [-0.3, -0.25) is 0 Å². The molecule has 0 nitrogen and oxygen atoms in total. The first kappa shape index (κ1) is 12.0. The Kier molecular flexibility index (Phi) is 3.99. The van der Waals surface area contributed by atoms with Gasteiger partial charge in [0.15, 0.2) is 0 Å². The van der Waals surface area contributed by atoms with E-state index in [-0.39, 0.29) is 5.41 Å². The number of hydrogen-bond donors (Lipinski definition) is 0. The third-order valence-corrected chi connectivity index (χ3v) is 3.66. The van der Waals surface area contributed by atoms with Crippen molar-refractivity contribution in [2.75, 3.05) is 4.43 Å². The molecule has 0 aromatic rings. The standard InChI is InChI=1S/C13H19I/c1-5-10-9-11(7-8-14)13(3,4)12(10)6-2/h6-7H,2,5,8-9H2,1,3-4H3/b11-7+. The fourth-order valence-corrected chi connectivity index (χ4v) is 2.83. The lowest BCUT2D eigenvalue weighted by Crippen LogP contribution is -2.11. The normalized spacial score (nSPS) is 23.3. The first-order chi connectivity index (χ1) is 6.57. The average Bonchev–Trinajstić information content (AvgIpc) is 2.38. The van der Waals surface area contributed by atoms with E-state index in [0.717, 1.165) is 17.3 Å². The summed E-state index contributed by atoms with van der Waals surface area (Å²) in [6.45, 7) is 10.8. The van der Waals surface area contributed by atoms with E-state index in [9.17, 15) is 0 Å². The maximum Gasteiger partial charge on any atom is 0.0178 e. The lowest BCUT2D eigenvalue weighted by atomic mass is 9.81. The van der Waals surface area contributed by atoms with Crippen LogP contribution < -0.4 is 0 Å². The molecule has 0 heterocycles. The fourth-order valence-electron chi connectivity index (χ4n) is 2.30. The van der Waals surface area contributed by atoms with Gasteiger partial charge in [0.2, 0.25) is 0 Å². The van der Waals surface area contributed by atoms with Gasteiger partial charge in [-0.2, -0.15) is 0 Å². The lowest BCUT2D eigenvalue weighted by Gasteiger charge is -2.23. The van der Waals surface area contributed by atoms with Crippen LogP contribution in [-0.4, -0.2) is 4.43 Å². The molecule has 78 valence electrons. The minimum Gasteiger partial charge on any atom is -0.0988 e. The van der Waals surface area contributed by atoms with Crippen molar-refractivity contribution in [2.45, 2.75) is 33.6 Å². The first-order valence-corrected chi connectivity index (χ1v) is 6.70. The summed E-state index contributed by atoms with van der Waals surface area (Å²) in [5, 5.41) is 0. The second-order valence-electron chi connectivity index (χ2n) is 4.26. The van der Waals surface area contributed by atoms with Gasteiger partial charge in [-0.15, -0.1) is 0 Å². The van der Waals surface area contributed by atoms with E-state index in [4.69, 9.17) is 0 Å². The van der Waals surface area contributed by atoms with Crippen molar-refractivity contribution in [2.24, 2.45) is 5.41 Å². The average molecular weight is 302 g/mol. The molecule has 0 saturated heterocycles. The minimum atomic E-state index is 0.221. The van der Waals surface area contributed by atoms with Crippen LogP contribution in [0.25, 0.3) is 0 Å². The maximum atomic E-state index is 3.94. The van der Waals surface area contributed by atoms with Crippen LogP contribution in [0.1, 0.15) is 33.6 Å². The Morgan fingerprint density at radius 3 is 2.50 bits per heavy atom. The summed E-state index contributed by atoms with van der Waals surface area (Å²) in [4.78, 5) is 0. The molecule has 1 aliphatic rings. The maximum absolute atomic E-state index is 3.94. The van der Waals surface area contributed by atoms with Gasteiger partial charge in [0.05, 0.1) is 0 Å². The second kappa shape index (κ2) is 4.65. The van der Waals surface area contributed by atoms with Gasteiger partial charge in [-0.25, -0.2) is 0 Å². The molecular weight excluding hydrogens is 283 g/mol. The molecule has 1 aliphatic carbocycles. The zero-order chi connectivity index (χ0) is 10.8. The fraction of sp³-hybridized carbons (Fsp3) is 0.538. The van der Waals surface area contributed by atoms with Crippen molar-refractivity contribution in [1.82, 2.24) is 0 Å². The van der Waals surface area contributed by atoms with E-state index in [0.29, 0.717) is 0 Å². The lowest BCUT2D eigenvalue weighted by molar-refractivity contribution is 0.566. The molecule has 0 unspecified atom stereocenters. The van der Waals surface area contributed by atoms with Crippen molar-refractivity contribution < 1.29 is 0 Å². The van der Waals surface area contributed by atoms with E-state index in [2.05, 4.69) is 56.0 Å². The summed E-state index contributed by atoms with van der Waals surface area (Å²) in [5.74, 6) is 0. The van der Waals surface area contributed by atoms with Crippen molar-refractivity contribution in [3.8, 4) is 0 Å². The summed E-state index contributed by atoms with van der Waals surface area (Å²) < 4.78 is 1.11. The van der Waals surface area contributed by atoms with Gasteiger partial charge >= 0.3 is 0 Å². The second-order valence-corrected chi connectivity index (χ2v) is 5.14. The molecule has 0 aromatic heterocycles.